The lowest BCUT2D eigenvalue weighted by Crippen LogP contribution is -2.42. The van der Waals surface area contributed by atoms with Gasteiger partial charge in [0.05, 0.1) is 12.7 Å². The molecule has 2 aliphatic rings. The number of carbonyl (C=O) groups is 1. The van der Waals surface area contributed by atoms with Crippen LogP contribution in [0.1, 0.15) is 39.0 Å². The molecular formula is C18H35IN4O3. The maximum Gasteiger partial charge on any atom is 0.224 e. The molecule has 2 atom stereocenters. The van der Waals surface area contributed by atoms with Gasteiger partial charge in [0.1, 0.15) is 0 Å². The third-order valence-electron chi connectivity index (χ3n) is 4.72. The van der Waals surface area contributed by atoms with Crippen molar-refractivity contribution >= 4 is 35.8 Å². The van der Waals surface area contributed by atoms with Crippen molar-refractivity contribution in [2.75, 3.05) is 53.0 Å². The molecule has 0 radical (unpaired) electrons. The summed E-state index contributed by atoms with van der Waals surface area (Å²) in [7, 11) is 1.75. The van der Waals surface area contributed by atoms with Crippen molar-refractivity contribution in [3.8, 4) is 0 Å². The van der Waals surface area contributed by atoms with Crippen molar-refractivity contribution in [3.63, 3.8) is 0 Å². The van der Waals surface area contributed by atoms with Gasteiger partial charge in [-0.1, -0.05) is 6.92 Å². The Bertz CT molecular complexity index is 431. The molecule has 2 heterocycles. The fourth-order valence-corrected chi connectivity index (χ4v) is 3.26. The normalized spacial score (nSPS) is 23.5. The first-order valence-electron chi connectivity index (χ1n) is 9.60. The smallest absolute Gasteiger partial charge is 0.224 e. The van der Waals surface area contributed by atoms with Crippen molar-refractivity contribution in [2.24, 2.45) is 10.9 Å². The van der Waals surface area contributed by atoms with Crippen molar-refractivity contribution in [2.45, 2.75) is 45.1 Å². The number of amides is 1. The monoisotopic (exact) mass is 482 g/mol. The molecule has 8 heteroatoms. The van der Waals surface area contributed by atoms with Crippen LogP contribution in [0, 0.1) is 5.92 Å². The second-order valence-electron chi connectivity index (χ2n) is 6.97. The molecule has 152 valence electrons. The number of piperidine rings is 1. The third-order valence-corrected chi connectivity index (χ3v) is 4.72. The fourth-order valence-electron chi connectivity index (χ4n) is 3.26. The zero-order valence-corrected chi connectivity index (χ0v) is 18.5. The highest BCUT2D eigenvalue weighted by Crippen LogP contribution is 2.15. The Kier molecular flexibility index (Phi) is 12.2. The van der Waals surface area contributed by atoms with E-state index in [-0.39, 0.29) is 36.0 Å². The molecule has 2 saturated heterocycles. The molecule has 0 aromatic carbocycles. The fraction of sp³-hybridized carbons (Fsp3) is 0.889. The number of carbonyl (C=O) groups excluding carboxylic acids is 1. The molecule has 2 rings (SSSR count). The van der Waals surface area contributed by atoms with Gasteiger partial charge in [-0.25, -0.2) is 0 Å². The van der Waals surface area contributed by atoms with Crippen molar-refractivity contribution in [3.05, 3.63) is 0 Å². The number of nitrogens with zero attached hydrogens (tertiary/aromatic N) is 2. The molecule has 7 nitrogen and oxygen atoms in total. The number of aliphatic imine (C=N–C) groups is 1. The van der Waals surface area contributed by atoms with Gasteiger partial charge in [-0.3, -0.25) is 9.79 Å². The molecule has 2 fully saturated rings. The first-order chi connectivity index (χ1) is 12.2. The Labute approximate surface area is 174 Å². The minimum absolute atomic E-state index is 0. The highest BCUT2D eigenvalue weighted by atomic mass is 127. The SMILES string of the molecule is CN=C(NCCCOC1CCOC1)NCCC(=O)N1CCCC(C)C1.I. The maximum absolute atomic E-state index is 12.2. The zero-order chi connectivity index (χ0) is 17.9. The molecule has 26 heavy (non-hydrogen) atoms. The average molecular weight is 482 g/mol. The van der Waals surface area contributed by atoms with Gasteiger partial charge in [-0.15, -0.1) is 24.0 Å². The number of nitrogens with one attached hydrogen (secondary N) is 2. The van der Waals surface area contributed by atoms with E-state index in [9.17, 15) is 4.79 Å². The van der Waals surface area contributed by atoms with Crippen LogP contribution in [0.2, 0.25) is 0 Å². The van der Waals surface area contributed by atoms with E-state index in [1.807, 2.05) is 4.90 Å². The van der Waals surface area contributed by atoms with Gasteiger partial charge in [-0.05, 0) is 31.6 Å². The molecule has 2 aliphatic heterocycles. The second kappa shape index (κ2) is 13.5. The summed E-state index contributed by atoms with van der Waals surface area (Å²) >= 11 is 0. The predicted molar refractivity (Wildman–Crippen MR) is 114 cm³/mol. The Balaban J connectivity index is 0.00000338. The van der Waals surface area contributed by atoms with Crippen LogP contribution >= 0.6 is 24.0 Å². The van der Waals surface area contributed by atoms with Crippen LogP contribution in [0.15, 0.2) is 4.99 Å². The van der Waals surface area contributed by atoms with Crippen LogP contribution < -0.4 is 10.6 Å². The minimum atomic E-state index is 0. The lowest BCUT2D eigenvalue weighted by Gasteiger charge is -2.31. The summed E-state index contributed by atoms with van der Waals surface area (Å²) in [5.74, 6) is 1.60. The molecule has 0 aromatic rings. The minimum Gasteiger partial charge on any atom is -0.379 e. The van der Waals surface area contributed by atoms with Crippen LogP contribution in [-0.4, -0.2) is 75.9 Å². The highest BCUT2D eigenvalue weighted by molar-refractivity contribution is 14.0. The third kappa shape index (κ3) is 8.85. The van der Waals surface area contributed by atoms with Gasteiger partial charge in [0, 0.05) is 52.9 Å². The summed E-state index contributed by atoms with van der Waals surface area (Å²) in [5.41, 5.74) is 0. The van der Waals surface area contributed by atoms with Crippen LogP contribution in [0.4, 0.5) is 0 Å². The lowest BCUT2D eigenvalue weighted by atomic mass is 10.00. The van der Waals surface area contributed by atoms with Gasteiger partial charge in [-0.2, -0.15) is 0 Å². The Hall–Kier alpha value is -0.610. The Morgan fingerprint density at radius 1 is 1.31 bits per heavy atom. The van der Waals surface area contributed by atoms with Gasteiger partial charge < -0.3 is 25.0 Å². The van der Waals surface area contributed by atoms with E-state index in [2.05, 4.69) is 22.5 Å². The van der Waals surface area contributed by atoms with Gasteiger partial charge >= 0.3 is 0 Å². The summed E-state index contributed by atoms with van der Waals surface area (Å²) in [5, 5.41) is 6.47. The molecule has 0 spiro atoms. The van der Waals surface area contributed by atoms with E-state index in [1.165, 1.54) is 6.42 Å². The summed E-state index contributed by atoms with van der Waals surface area (Å²) in [6, 6.07) is 0. The van der Waals surface area contributed by atoms with Crippen LogP contribution in [0.5, 0.6) is 0 Å². The molecule has 0 saturated carbocycles. The van der Waals surface area contributed by atoms with E-state index in [4.69, 9.17) is 9.47 Å². The summed E-state index contributed by atoms with van der Waals surface area (Å²) < 4.78 is 11.0. The van der Waals surface area contributed by atoms with Crippen LogP contribution in [0.3, 0.4) is 0 Å². The molecule has 2 unspecified atom stereocenters. The molecular weight excluding hydrogens is 447 g/mol. The average Bonchev–Trinajstić information content (AvgIpc) is 3.13. The number of likely N-dealkylation sites (tertiary alicyclic amines) is 1. The van der Waals surface area contributed by atoms with Gasteiger partial charge in [0.15, 0.2) is 5.96 Å². The predicted octanol–water partition coefficient (Wildman–Crippen LogP) is 1.61. The van der Waals surface area contributed by atoms with E-state index in [1.54, 1.807) is 7.05 Å². The molecule has 0 aliphatic carbocycles. The maximum atomic E-state index is 12.2. The molecule has 0 aromatic heterocycles. The van der Waals surface area contributed by atoms with E-state index in [0.29, 0.717) is 18.9 Å². The van der Waals surface area contributed by atoms with Crippen LogP contribution in [-0.2, 0) is 14.3 Å². The standard InChI is InChI=1S/C18H34N4O3.HI/c1-15-5-3-10-22(13-15)17(23)6-9-21-18(19-2)20-8-4-11-25-16-7-12-24-14-16;/h15-16H,3-14H2,1-2H3,(H2,19,20,21);1H. The summed E-state index contributed by atoms with van der Waals surface area (Å²) in [4.78, 5) is 18.4. The molecule has 1 amide bonds. The zero-order valence-electron chi connectivity index (χ0n) is 16.2. The topological polar surface area (TPSA) is 75.2 Å². The highest BCUT2D eigenvalue weighted by Gasteiger charge is 2.20. The van der Waals surface area contributed by atoms with E-state index in [0.717, 1.165) is 64.7 Å². The Morgan fingerprint density at radius 3 is 2.81 bits per heavy atom. The van der Waals surface area contributed by atoms with Gasteiger partial charge in [0.2, 0.25) is 5.91 Å². The first kappa shape index (κ1) is 23.4. The number of hydrogen-bond donors (Lipinski definition) is 2. The number of hydrogen-bond acceptors (Lipinski definition) is 4. The Morgan fingerprint density at radius 2 is 2.12 bits per heavy atom. The van der Waals surface area contributed by atoms with Gasteiger partial charge in [0.25, 0.3) is 0 Å². The number of ether oxygens (including phenoxy) is 2. The molecule has 2 N–H and O–H groups in total. The first-order valence-corrected chi connectivity index (χ1v) is 9.60. The van der Waals surface area contributed by atoms with Crippen molar-refractivity contribution in [1.82, 2.24) is 15.5 Å². The summed E-state index contributed by atoms with van der Waals surface area (Å²) in [6.45, 7) is 7.69. The quantitative estimate of drug-likeness (QED) is 0.238. The second-order valence-corrected chi connectivity index (χ2v) is 6.97. The van der Waals surface area contributed by atoms with Crippen molar-refractivity contribution in [1.29, 1.82) is 0 Å². The van der Waals surface area contributed by atoms with Crippen molar-refractivity contribution < 1.29 is 14.3 Å². The number of guanidine groups is 1. The number of halogens is 1. The largest absolute Gasteiger partial charge is 0.379 e. The van der Waals surface area contributed by atoms with E-state index < -0.39 is 0 Å². The molecule has 0 bridgehead atoms. The van der Waals surface area contributed by atoms with E-state index >= 15 is 0 Å². The van der Waals surface area contributed by atoms with Crippen LogP contribution in [0.25, 0.3) is 0 Å². The summed E-state index contributed by atoms with van der Waals surface area (Å²) in [6.07, 6.45) is 5.05. The lowest BCUT2D eigenvalue weighted by molar-refractivity contribution is -0.132. The number of rotatable bonds is 8.